The number of nitriles is 1. The van der Waals surface area contributed by atoms with E-state index in [0.29, 0.717) is 11.2 Å². The number of hydrogen-bond donors (Lipinski definition) is 0. The summed E-state index contributed by atoms with van der Waals surface area (Å²) in [7, 11) is 0. The van der Waals surface area contributed by atoms with E-state index in [-0.39, 0.29) is 5.56 Å². The van der Waals surface area contributed by atoms with Gasteiger partial charge in [-0.05, 0) is 18.1 Å². The Balaban J connectivity index is 1.90. The molecular formula is C19H16N4O2. The molecule has 6 nitrogen and oxygen atoms in total. The maximum Gasteiger partial charge on any atom is 0.193 e. The van der Waals surface area contributed by atoms with Crippen LogP contribution in [0.3, 0.4) is 0 Å². The summed E-state index contributed by atoms with van der Waals surface area (Å²) in [6.45, 7) is 2.08. The highest BCUT2D eigenvalue weighted by molar-refractivity contribution is 6.19. The van der Waals surface area contributed by atoms with Gasteiger partial charge in [0.15, 0.2) is 23.1 Å². The summed E-state index contributed by atoms with van der Waals surface area (Å²) >= 11 is 0. The summed E-state index contributed by atoms with van der Waals surface area (Å²) in [6.07, 6.45) is 6.45. The van der Waals surface area contributed by atoms with Crippen LogP contribution in [-0.2, 0) is 6.42 Å². The Hall–Kier alpha value is -3.33. The first kappa shape index (κ1) is 16.5. The maximum absolute atomic E-state index is 12.7. The Morgan fingerprint density at radius 2 is 2.00 bits per heavy atom. The molecule has 0 N–H and O–H groups in total. The molecule has 2 heterocycles. The molecule has 0 spiro atoms. The van der Waals surface area contributed by atoms with E-state index in [1.54, 1.807) is 24.4 Å². The minimum Gasteiger partial charge on any atom is -0.292 e. The van der Waals surface area contributed by atoms with Crippen LogP contribution in [0.2, 0.25) is 0 Å². The van der Waals surface area contributed by atoms with Crippen LogP contribution >= 0.6 is 0 Å². The zero-order valence-corrected chi connectivity index (χ0v) is 13.7. The molecule has 0 amide bonds. The fraction of sp³-hybridized carbons (Fsp3) is 0.211. The van der Waals surface area contributed by atoms with Gasteiger partial charge >= 0.3 is 0 Å². The van der Waals surface area contributed by atoms with Crippen molar-refractivity contribution in [3.8, 4) is 6.07 Å². The number of nitrogens with zero attached hydrogens (tertiary/aromatic N) is 4. The second-order valence-corrected chi connectivity index (χ2v) is 5.68. The van der Waals surface area contributed by atoms with Crippen LogP contribution in [0.25, 0.3) is 5.65 Å². The van der Waals surface area contributed by atoms with Crippen molar-refractivity contribution < 1.29 is 9.59 Å². The van der Waals surface area contributed by atoms with E-state index in [4.69, 9.17) is 0 Å². The summed E-state index contributed by atoms with van der Waals surface area (Å²) in [5, 5.41) is 13.4. The molecule has 0 saturated carbocycles. The standard InChI is InChI=1S/C19H16N4O2/c1-2-4-13-5-7-14(8-6-13)17(24)15(11-20)18(25)16-12-22-23-10-3-9-21-19(16)23/h3,5-10,12,15H,2,4H2,1H3. The number of Topliss-reactive ketones (excluding diaryl/α,β-unsaturated/α-hetero) is 2. The van der Waals surface area contributed by atoms with Crippen molar-refractivity contribution >= 4 is 17.2 Å². The van der Waals surface area contributed by atoms with Crippen molar-refractivity contribution in [1.29, 1.82) is 5.26 Å². The number of carbonyl (C=O) groups excluding carboxylic acids is 2. The van der Waals surface area contributed by atoms with Gasteiger partial charge in [-0.15, -0.1) is 0 Å². The highest BCUT2D eigenvalue weighted by Gasteiger charge is 2.30. The van der Waals surface area contributed by atoms with E-state index in [1.165, 1.54) is 16.9 Å². The molecule has 25 heavy (non-hydrogen) atoms. The van der Waals surface area contributed by atoms with Crippen molar-refractivity contribution in [3.63, 3.8) is 0 Å². The Kier molecular flexibility index (Phi) is 4.66. The van der Waals surface area contributed by atoms with Crippen LogP contribution in [-0.4, -0.2) is 26.2 Å². The molecule has 0 aliphatic rings. The number of fused-ring (bicyclic) bond motifs is 1. The molecule has 0 bridgehead atoms. The van der Waals surface area contributed by atoms with Gasteiger partial charge in [-0.1, -0.05) is 37.6 Å². The molecule has 1 atom stereocenters. The normalized spacial score (nSPS) is 11.8. The van der Waals surface area contributed by atoms with Gasteiger partial charge in [0.05, 0.1) is 17.8 Å². The zero-order valence-electron chi connectivity index (χ0n) is 13.7. The topological polar surface area (TPSA) is 88.1 Å². The monoisotopic (exact) mass is 332 g/mol. The minimum absolute atomic E-state index is 0.170. The summed E-state index contributed by atoms with van der Waals surface area (Å²) in [5.41, 5.74) is 1.97. The third-order valence-corrected chi connectivity index (χ3v) is 3.98. The van der Waals surface area contributed by atoms with Crippen LogP contribution in [0, 0.1) is 17.2 Å². The van der Waals surface area contributed by atoms with Crippen molar-refractivity contribution in [2.75, 3.05) is 0 Å². The average Bonchev–Trinajstić information content (AvgIpc) is 3.07. The molecule has 2 aromatic heterocycles. The van der Waals surface area contributed by atoms with Gasteiger partial charge in [0.25, 0.3) is 0 Å². The van der Waals surface area contributed by atoms with E-state index >= 15 is 0 Å². The molecule has 3 aromatic rings. The first-order chi connectivity index (χ1) is 12.2. The maximum atomic E-state index is 12.7. The van der Waals surface area contributed by atoms with Gasteiger partial charge in [-0.25, -0.2) is 9.50 Å². The van der Waals surface area contributed by atoms with Gasteiger partial charge in [-0.2, -0.15) is 10.4 Å². The number of rotatable bonds is 6. The quantitative estimate of drug-likeness (QED) is 0.511. The van der Waals surface area contributed by atoms with Gasteiger partial charge < -0.3 is 0 Å². The van der Waals surface area contributed by atoms with E-state index < -0.39 is 17.5 Å². The van der Waals surface area contributed by atoms with E-state index in [0.717, 1.165) is 18.4 Å². The molecule has 0 aliphatic heterocycles. The summed E-state index contributed by atoms with van der Waals surface area (Å²) < 4.78 is 1.44. The number of carbonyl (C=O) groups is 2. The number of aryl methyl sites for hydroxylation is 1. The van der Waals surface area contributed by atoms with E-state index in [2.05, 4.69) is 17.0 Å². The Morgan fingerprint density at radius 3 is 2.68 bits per heavy atom. The van der Waals surface area contributed by atoms with Gasteiger partial charge in [0, 0.05) is 18.0 Å². The minimum atomic E-state index is -1.41. The molecule has 0 radical (unpaired) electrons. The second-order valence-electron chi connectivity index (χ2n) is 5.68. The summed E-state index contributed by atoms with van der Waals surface area (Å²) in [4.78, 5) is 29.4. The molecule has 0 saturated heterocycles. The molecule has 6 heteroatoms. The van der Waals surface area contributed by atoms with Crippen LogP contribution < -0.4 is 0 Å². The highest BCUT2D eigenvalue weighted by atomic mass is 16.2. The summed E-state index contributed by atoms with van der Waals surface area (Å²) in [5.74, 6) is -2.50. The Bertz CT molecular complexity index is 967. The number of hydrogen-bond acceptors (Lipinski definition) is 5. The third kappa shape index (κ3) is 3.17. The Morgan fingerprint density at radius 1 is 1.24 bits per heavy atom. The molecule has 3 rings (SSSR count). The molecule has 124 valence electrons. The number of benzene rings is 1. The van der Waals surface area contributed by atoms with Crippen LogP contribution in [0.4, 0.5) is 0 Å². The smallest absolute Gasteiger partial charge is 0.193 e. The SMILES string of the molecule is CCCc1ccc(C(=O)C(C#N)C(=O)c2cnn3cccnc23)cc1. The average molecular weight is 332 g/mol. The molecular weight excluding hydrogens is 316 g/mol. The third-order valence-electron chi connectivity index (χ3n) is 3.98. The van der Waals surface area contributed by atoms with Crippen molar-refractivity contribution in [2.24, 2.45) is 5.92 Å². The van der Waals surface area contributed by atoms with Gasteiger partial charge in [-0.3, -0.25) is 9.59 Å². The van der Waals surface area contributed by atoms with E-state index in [1.807, 2.05) is 18.2 Å². The largest absolute Gasteiger partial charge is 0.292 e. The molecule has 1 unspecified atom stereocenters. The van der Waals surface area contributed by atoms with Crippen molar-refractivity contribution in [2.45, 2.75) is 19.8 Å². The molecule has 1 aromatic carbocycles. The lowest BCUT2D eigenvalue weighted by molar-refractivity contribution is 0.0847. The lowest BCUT2D eigenvalue weighted by atomic mass is 9.91. The first-order valence-electron chi connectivity index (χ1n) is 8.01. The first-order valence-corrected chi connectivity index (χ1v) is 8.01. The number of ketones is 2. The lowest BCUT2D eigenvalue weighted by Gasteiger charge is -2.07. The fourth-order valence-corrected chi connectivity index (χ4v) is 2.68. The number of aromatic nitrogens is 3. The predicted octanol–water partition coefficient (Wildman–Crippen LogP) is 2.89. The molecule has 0 fully saturated rings. The van der Waals surface area contributed by atoms with Crippen LogP contribution in [0.15, 0.2) is 48.9 Å². The van der Waals surface area contributed by atoms with Gasteiger partial charge in [0.2, 0.25) is 0 Å². The van der Waals surface area contributed by atoms with Gasteiger partial charge in [0.1, 0.15) is 0 Å². The lowest BCUT2D eigenvalue weighted by Crippen LogP contribution is -2.23. The fourth-order valence-electron chi connectivity index (χ4n) is 2.68. The second kappa shape index (κ2) is 7.05. The van der Waals surface area contributed by atoms with E-state index in [9.17, 15) is 14.9 Å². The Labute approximate surface area is 144 Å². The van der Waals surface area contributed by atoms with Crippen molar-refractivity contribution in [1.82, 2.24) is 14.6 Å². The van der Waals surface area contributed by atoms with Crippen LogP contribution in [0.5, 0.6) is 0 Å². The van der Waals surface area contributed by atoms with Crippen molar-refractivity contribution in [3.05, 3.63) is 65.6 Å². The molecule has 0 aliphatic carbocycles. The summed E-state index contributed by atoms with van der Waals surface area (Å²) in [6, 6.07) is 10.5. The predicted molar refractivity (Wildman–Crippen MR) is 91.2 cm³/mol. The zero-order chi connectivity index (χ0) is 17.8. The van der Waals surface area contributed by atoms with Crippen LogP contribution in [0.1, 0.15) is 39.6 Å². The highest BCUT2D eigenvalue weighted by Crippen LogP contribution is 2.18.